The number of carbonyl (C=O) groups is 2. The van der Waals surface area contributed by atoms with Crippen LogP contribution in [0.4, 0.5) is 17.1 Å². The average molecular weight is 542 g/mol. The van der Waals surface area contributed by atoms with E-state index in [0.29, 0.717) is 22.6 Å². The van der Waals surface area contributed by atoms with Crippen LogP contribution in [-0.2, 0) is 20.2 Å². The molecule has 0 aliphatic rings. The highest BCUT2D eigenvalue weighted by atomic mass is 32.2. The molecule has 0 fully saturated rings. The number of amides is 2. The van der Waals surface area contributed by atoms with Crippen molar-refractivity contribution in [2.24, 2.45) is 0 Å². The molecule has 39 heavy (non-hydrogen) atoms. The van der Waals surface area contributed by atoms with Crippen molar-refractivity contribution < 1.29 is 18.0 Å². The zero-order valence-corrected chi connectivity index (χ0v) is 22.9. The van der Waals surface area contributed by atoms with Gasteiger partial charge in [0.15, 0.2) is 0 Å². The molecule has 0 aliphatic carbocycles. The third-order valence-electron chi connectivity index (χ3n) is 6.08. The molecule has 2 amide bonds. The zero-order valence-electron chi connectivity index (χ0n) is 22.1. The number of carbonyl (C=O) groups excluding carboxylic acids is 2. The number of rotatable bonds is 8. The lowest BCUT2D eigenvalue weighted by molar-refractivity contribution is -0.114. The maximum atomic E-state index is 13.4. The highest BCUT2D eigenvalue weighted by molar-refractivity contribution is 7.92. The summed E-state index contributed by atoms with van der Waals surface area (Å²) in [6, 6.07) is 30.6. The van der Waals surface area contributed by atoms with Crippen molar-refractivity contribution in [3.8, 4) is 0 Å². The molecular weight excluding hydrogens is 510 g/mol. The first-order chi connectivity index (χ1) is 18.5. The van der Waals surface area contributed by atoms with Crippen molar-refractivity contribution in [3.05, 3.63) is 120 Å². The molecular formula is C31H31N3O4S. The first kappa shape index (κ1) is 27.6. The molecule has 200 valence electrons. The van der Waals surface area contributed by atoms with E-state index in [4.69, 9.17) is 0 Å². The highest BCUT2D eigenvalue weighted by Crippen LogP contribution is 2.25. The van der Waals surface area contributed by atoms with Crippen molar-refractivity contribution in [1.82, 2.24) is 0 Å². The van der Waals surface area contributed by atoms with Crippen LogP contribution >= 0.6 is 0 Å². The Morgan fingerprint density at radius 2 is 1.28 bits per heavy atom. The van der Waals surface area contributed by atoms with Gasteiger partial charge in [0.25, 0.3) is 15.9 Å². The van der Waals surface area contributed by atoms with Crippen LogP contribution in [0.3, 0.4) is 0 Å². The first-order valence-electron chi connectivity index (χ1n) is 12.5. The Hall–Kier alpha value is -4.43. The molecule has 0 radical (unpaired) electrons. The summed E-state index contributed by atoms with van der Waals surface area (Å²) < 4.78 is 27.9. The predicted octanol–water partition coefficient (Wildman–Crippen LogP) is 6.07. The molecule has 4 rings (SSSR count). The Labute approximate surface area is 229 Å². The maximum absolute atomic E-state index is 13.4. The molecule has 7 nitrogen and oxygen atoms in total. The number of benzene rings is 4. The van der Waals surface area contributed by atoms with E-state index in [-0.39, 0.29) is 16.2 Å². The van der Waals surface area contributed by atoms with E-state index in [1.807, 2.05) is 12.1 Å². The second-order valence-electron chi connectivity index (χ2n) is 10.1. The van der Waals surface area contributed by atoms with Gasteiger partial charge in [0.1, 0.15) is 6.54 Å². The lowest BCUT2D eigenvalue weighted by atomic mass is 9.87. The van der Waals surface area contributed by atoms with E-state index in [9.17, 15) is 18.0 Å². The number of hydrogen-bond acceptors (Lipinski definition) is 4. The Kier molecular flexibility index (Phi) is 8.16. The normalized spacial score (nSPS) is 11.5. The van der Waals surface area contributed by atoms with Crippen LogP contribution in [0.15, 0.2) is 114 Å². The largest absolute Gasteiger partial charge is 0.324 e. The smallest absolute Gasteiger partial charge is 0.264 e. The molecule has 0 saturated carbocycles. The molecule has 0 aromatic heterocycles. The number of para-hydroxylation sites is 1. The van der Waals surface area contributed by atoms with Crippen LogP contribution in [0.2, 0.25) is 0 Å². The third-order valence-corrected chi connectivity index (χ3v) is 7.87. The maximum Gasteiger partial charge on any atom is 0.264 e. The minimum absolute atomic E-state index is 0.0158. The van der Waals surface area contributed by atoms with Crippen LogP contribution in [-0.4, -0.2) is 26.8 Å². The fraction of sp³-hybridized carbons (Fsp3) is 0.161. The van der Waals surface area contributed by atoms with Gasteiger partial charge in [0.05, 0.1) is 10.6 Å². The van der Waals surface area contributed by atoms with Gasteiger partial charge in [-0.2, -0.15) is 0 Å². The Morgan fingerprint density at radius 1 is 0.718 bits per heavy atom. The molecule has 4 aromatic rings. The fourth-order valence-corrected chi connectivity index (χ4v) is 5.40. The van der Waals surface area contributed by atoms with E-state index in [2.05, 4.69) is 31.4 Å². The standard InChI is InChI=1S/C31H31N3O4S/c1-31(2,3)24-19-17-23(18-20-24)30(36)33-26-12-10-11-25(21-26)32-29(35)22-34(27-13-6-4-7-14-27)39(37,38)28-15-8-5-9-16-28/h4-21H,22H2,1-3H3,(H,32,35)(H,33,36). The van der Waals surface area contributed by atoms with Crippen LogP contribution in [0.5, 0.6) is 0 Å². The summed E-state index contributed by atoms with van der Waals surface area (Å²) in [5, 5.41) is 5.59. The Morgan fingerprint density at radius 3 is 1.87 bits per heavy atom. The zero-order chi connectivity index (χ0) is 28.0. The second-order valence-corrected chi connectivity index (χ2v) is 11.9. The molecule has 8 heteroatoms. The molecule has 4 aromatic carbocycles. The summed E-state index contributed by atoms with van der Waals surface area (Å²) in [6.07, 6.45) is 0. The minimum atomic E-state index is -3.99. The van der Waals surface area contributed by atoms with Gasteiger partial charge in [-0.25, -0.2) is 8.42 Å². The van der Waals surface area contributed by atoms with Crippen molar-refractivity contribution in [3.63, 3.8) is 0 Å². The quantitative estimate of drug-likeness (QED) is 0.283. The van der Waals surface area contributed by atoms with Gasteiger partial charge >= 0.3 is 0 Å². The highest BCUT2D eigenvalue weighted by Gasteiger charge is 2.27. The van der Waals surface area contributed by atoms with E-state index in [1.165, 1.54) is 12.1 Å². The molecule has 0 unspecified atom stereocenters. The number of sulfonamides is 1. The van der Waals surface area contributed by atoms with Crippen molar-refractivity contribution in [2.75, 3.05) is 21.5 Å². The van der Waals surface area contributed by atoms with Gasteiger partial charge in [-0.05, 0) is 65.6 Å². The molecule has 0 atom stereocenters. The van der Waals surface area contributed by atoms with E-state index < -0.39 is 22.5 Å². The van der Waals surface area contributed by atoms with Gasteiger partial charge in [-0.1, -0.05) is 75.4 Å². The van der Waals surface area contributed by atoms with Crippen molar-refractivity contribution in [2.45, 2.75) is 31.1 Å². The Bertz CT molecular complexity index is 1550. The van der Waals surface area contributed by atoms with Crippen LogP contribution in [0, 0.1) is 0 Å². The van der Waals surface area contributed by atoms with Crippen LogP contribution in [0.25, 0.3) is 0 Å². The summed E-state index contributed by atoms with van der Waals surface area (Å²) in [7, 11) is -3.99. The molecule has 0 heterocycles. The monoisotopic (exact) mass is 541 g/mol. The van der Waals surface area contributed by atoms with Gasteiger partial charge in [0, 0.05) is 16.9 Å². The van der Waals surface area contributed by atoms with Crippen LogP contribution in [0.1, 0.15) is 36.7 Å². The third kappa shape index (κ3) is 6.91. The molecule has 0 saturated heterocycles. The lowest BCUT2D eigenvalue weighted by Gasteiger charge is -2.24. The molecule has 0 aliphatic heterocycles. The van der Waals surface area contributed by atoms with E-state index in [1.54, 1.807) is 84.9 Å². The summed E-state index contributed by atoms with van der Waals surface area (Å²) >= 11 is 0. The van der Waals surface area contributed by atoms with Gasteiger partial charge in [-0.3, -0.25) is 13.9 Å². The molecule has 2 N–H and O–H groups in total. The second kappa shape index (κ2) is 11.5. The number of nitrogens with one attached hydrogen (secondary N) is 2. The van der Waals surface area contributed by atoms with Gasteiger partial charge in [-0.15, -0.1) is 0 Å². The van der Waals surface area contributed by atoms with E-state index in [0.717, 1.165) is 9.87 Å². The van der Waals surface area contributed by atoms with Crippen molar-refractivity contribution >= 4 is 38.9 Å². The number of hydrogen-bond donors (Lipinski definition) is 2. The van der Waals surface area contributed by atoms with Crippen molar-refractivity contribution in [1.29, 1.82) is 0 Å². The number of nitrogens with zero attached hydrogens (tertiary/aromatic N) is 1. The Balaban J connectivity index is 1.48. The summed E-state index contributed by atoms with van der Waals surface area (Å²) in [6.45, 7) is 5.89. The fourth-order valence-electron chi connectivity index (χ4n) is 3.96. The molecule has 0 bridgehead atoms. The van der Waals surface area contributed by atoms with Gasteiger partial charge in [0.2, 0.25) is 5.91 Å². The average Bonchev–Trinajstić information content (AvgIpc) is 2.92. The van der Waals surface area contributed by atoms with Crippen LogP contribution < -0.4 is 14.9 Å². The number of anilines is 3. The summed E-state index contributed by atoms with van der Waals surface area (Å²) in [5.74, 6) is -0.803. The predicted molar refractivity (Wildman–Crippen MR) is 156 cm³/mol. The lowest BCUT2D eigenvalue weighted by Crippen LogP contribution is -2.38. The minimum Gasteiger partial charge on any atom is -0.324 e. The van der Waals surface area contributed by atoms with Gasteiger partial charge < -0.3 is 10.6 Å². The van der Waals surface area contributed by atoms with E-state index >= 15 is 0 Å². The summed E-state index contributed by atoms with van der Waals surface area (Å²) in [4.78, 5) is 25.9. The SMILES string of the molecule is CC(C)(C)c1ccc(C(=O)Nc2cccc(NC(=O)CN(c3ccccc3)S(=O)(=O)c3ccccc3)c2)cc1. The topological polar surface area (TPSA) is 95.6 Å². The molecule has 0 spiro atoms. The summed E-state index contributed by atoms with van der Waals surface area (Å²) in [5.41, 5.74) is 2.91. The first-order valence-corrected chi connectivity index (χ1v) is 13.9.